The van der Waals surface area contributed by atoms with Gasteiger partial charge in [-0.15, -0.1) is 0 Å². The van der Waals surface area contributed by atoms with Gasteiger partial charge in [0.15, 0.2) is 0 Å². The fourth-order valence-corrected chi connectivity index (χ4v) is 6.63. The van der Waals surface area contributed by atoms with Crippen LogP contribution in [0, 0.1) is 0 Å². The predicted molar refractivity (Wildman–Crippen MR) is 215 cm³/mol. The quantitative estimate of drug-likeness (QED) is 0.0671. The average molecular weight is 857 g/mol. The second-order valence-electron chi connectivity index (χ2n) is 13.9. The molecule has 21 nitrogen and oxygen atoms in total. The number of amides is 5. The number of likely N-dealkylation sites (N-methyl/N-ethyl adjacent to an activating group) is 1. The average Bonchev–Trinajstić information content (AvgIpc) is 3.47. The Morgan fingerprint density at radius 2 is 1.57 bits per heavy atom. The first kappa shape index (κ1) is 46.3. The van der Waals surface area contributed by atoms with Gasteiger partial charge in [0.25, 0.3) is 5.56 Å². The number of aromatic nitrogens is 2. The number of aliphatic hydroxyl groups is 2. The molecule has 22 heteroatoms. The Kier molecular flexibility index (Phi) is 16.3. The number of phenolic OH excluding ortho intramolecular Hbond substituents is 2. The van der Waals surface area contributed by atoms with Crippen LogP contribution in [-0.2, 0) is 36.8 Å². The van der Waals surface area contributed by atoms with Gasteiger partial charge in [0.1, 0.15) is 47.6 Å². The molecule has 1 aliphatic rings. The smallest absolute Gasteiger partial charge is 0.331 e. The molecule has 3 aromatic rings. The molecule has 8 atom stereocenters. The van der Waals surface area contributed by atoms with E-state index in [1.165, 1.54) is 56.1 Å². The van der Waals surface area contributed by atoms with Gasteiger partial charge < -0.3 is 62.2 Å². The predicted octanol–water partition coefficient (Wildman–Crippen LogP) is -1.83. The number of urea groups is 1. The number of rotatable bonds is 18. The first-order valence-corrected chi connectivity index (χ1v) is 19.8. The highest BCUT2D eigenvalue weighted by Crippen LogP contribution is 2.30. The molecule has 1 aromatic heterocycles. The van der Waals surface area contributed by atoms with Gasteiger partial charge in [0, 0.05) is 31.9 Å². The van der Waals surface area contributed by atoms with Gasteiger partial charge >= 0.3 is 17.7 Å². The molecule has 2 aromatic carbocycles. The third kappa shape index (κ3) is 12.3. The number of aliphatic carboxylic acids is 1. The number of carboxylic acids is 1. The Labute approximate surface area is 346 Å². The lowest BCUT2D eigenvalue weighted by Gasteiger charge is -2.34. The van der Waals surface area contributed by atoms with Crippen molar-refractivity contribution in [3.63, 3.8) is 0 Å². The maximum atomic E-state index is 14.0. The molecule has 0 unspecified atom stereocenters. The monoisotopic (exact) mass is 856 g/mol. The number of benzene rings is 2. The maximum Gasteiger partial charge on any atom is 0.331 e. The van der Waals surface area contributed by atoms with E-state index in [1.807, 2.05) is 4.98 Å². The van der Waals surface area contributed by atoms with Crippen molar-refractivity contribution in [1.29, 1.82) is 0 Å². The van der Waals surface area contributed by atoms with Crippen molar-refractivity contribution < 1.29 is 54.2 Å². The Hall–Kier alpha value is -6.36. The summed E-state index contributed by atoms with van der Waals surface area (Å²) in [5.74, 6) is -4.19. The third-order valence-electron chi connectivity index (χ3n) is 9.54. The maximum absolute atomic E-state index is 14.0. The van der Waals surface area contributed by atoms with Crippen LogP contribution in [-0.4, -0.2) is 131 Å². The van der Waals surface area contributed by atoms with Gasteiger partial charge in [-0.3, -0.25) is 28.7 Å². The van der Waals surface area contributed by atoms with Crippen LogP contribution in [0.4, 0.5) is 4.79 Å². The van der Waals surface area contributed by atoms with Crippen molar-refractivity contribution in [2.24, 2.45) is 5.73 Å². The summed E-state index contributed by atoms with van der Waals surface area (Å²) in [5, 5.41) is 60.5. The topological polar surface area (TPSA) is 328 Å². The Balaban J connectivity index is 1.57. The zero-order valence-corrected chi connectivity index (χ0v) is 33.5. The summed E-state index contributed by atoms with van der Waals surface area (Å²) in [6.07, 6.45) is -1.59. The van der Waals surface area contributed by atoms with Crippen LogP contribution < -0.4 is 38.2 Å². The summed E-state index contributed by atoms with van der Waals surface area (Å²) < 4.78 is 6.37. The van der Waals surface area contributed by atoms with Crippen LogP contribution in [0.1, 0.15) is 30.7 Å². The number of hydrogen-bond acceptors (Lipinski definition) is 14. The molecule has 0 bridgehead atoms. The van der Waals surface area contributed by atoms with Crippen LogP contribution in [0.2, 0.25) is 0 Å². The first-order chi connectivity index (χ1) is 28.4. The molecule has 5 amide bonds. The number of nitrogens with one attached hydrogen (secondary N) is 5. The number of nitrogens with zero attached hydrogens (tertiary/aromatic N) is 2. The molecule has 2 heterocycles. The van der Waals surface area contributed by atoms with E-state index in [4.69, 9.17) is 10.5 Å². The van der Waals surface area contributed by atoms with Crippen molar-refractivity contribution in [3.05, 3.63) is 105 Å². The molecule has 0 spiro atoms. The Morgan fingerprint density at radius 3 is 2.15 bits per heavy atom. The second-order valence-corrected chi connectivity index (χ2v) is 14.9. The zero-order valence-electron chi connectivity index (χ0n) is 32.7. The van der Waals surface area contributed by atoms with Crippen molar-refractivity contribution in [1.82, 2.24) is 35.7 Å². The number of aliphatic hydroxyl groups excluding tert-OH is 2. The summed E-state index contributed by atoms with van der Waals surface area (Å²) in [5.41, 5.74) is 5.52. The number of H-pyrrole nitrogens is 1. The molecule has 1 fully saturated rings. The molecule has 60 heavy (non-hydrogen) atoms. The standard InChI is InChI=1S/C38H48N8O13S/c1-19(45(2)34(54)24(39)16-20-6-4-8-22(47)14-20)29(33(53)40-18-27-30(50)31(51)35(59-27)46-12-10-28(49)43-38(46)58)44-32(52)25(11-13-60-3)41-37(57)42-26(36(55)56)17-21-7-5-9-23(48)15-21/h4-10,12,14-15,18-19,24-26,29-31,35,47-48,50-51H,11,13,16-17,39H2,1-3H3,(H,40,53)(H,44,52)(H,55,56)(H2,41,42,57)(H,43,49,58)/b27-18-/t19-,24-,25-,26-,29-,30+,31+,35+/m0/s1. The molecule has 1 aliphatic heterocycles. The molecule has 324 valence electrons. The number of carbonyl (C=O) groups excluding carboxylic acids is 4. The van der Waals surface area contributed by atoms with E-state index in [1.54, 1.807) is 24.5 Å². The molecule has 0 aliphatic carbocycles. The fourth-order valence-electron chi connectivity index (χ4n) is 6.16. The number of thioether (sulfide) groups is 1. The summed E-state index contributed by atoms with van der Waals surface area (Å²) in [7, 11) is 1.34. The SMILES string of the molecule is CSCC[C@H](NC(=O)N[C@@H](Cc1cccc(O)c1)C(=O)O)C(=O)N[C@H](C(=O)N/C=C1\O[C@@H](n2ccc(=O)[nH]c2=O)[C@H](O)[C@@H]1O)[C@H](C)N(C)C(=O)[C@@H](N)Cc1cccc(O)c1. The highest BCUT2D eigenvalue weighted by atomic mass is 32.2. The van der Waals surface area contributed by atoms with E-state index in [9.17, 15) is 59.1 Å². The number of aromatic hydroxyl groups is 2. The molecule has 12 N–H and O–H groups in total. The van der Waals surface area contributed by atoms with Crippen molar-refractivity contribution in [3.8, 4) is 11.5 Å². The number of carboxylic acid groups (broad SMARTS) is 1. The summed E-state index contributed by atoms with van der Waals surface area (Å²) >= 11 is 1.33. The highest BCUT2D eigenvalue weighted by molar-refractivity contribution is 7.98. The lowest BCUT2D eigenvalue weighted by atomic mass is 10.0. The van der Waals surface area contributed by atoms with Gasteiger partial charge in [-0.05, 0) is 67.2 Å². The second kappa shape index (κ2) is 21.1. The zero-order chi connectivity index (χ0) is 44.3. The van der Waals surface area contributed by atoms with E-state index < -0.39 is 95.4 Å². The van der Waals surface area contributed by atoms with Gasteiger partial charge in [0.05, 0.1) is 12.1 Å². The first-order valence-electron chi connectivity index (χ1n) is 18.4. The lowest BCUT2D eigenvalue weighted by Crippen LogP contribution is -2.62. The number of nitrogens with two attached hydrogens (primary N) is 1. The number of phenols is 2. The van der Waals surface area contributed by atoms with Crippen molar-refractivity contribution in [2.45, 2.75) is 74.8 Å². The Morgan fingerprint density at radius 1 is 0.950 bits per heavy atom. The minimum atomic E-state index is -1.78. The number of aromatic amines is 1. The van der Waals surface area contributed by atoms with Gasteiger partial charge in [0.2, 0.25) is 23.9 Å². The summed E-state index contributed by atoms with van der Waals surface area (Å²) in [6, 6.07) is 5.06. The lowest BCUT2D eigenvalue weighted by molar-refractivity contribution is -0.139. The number of hydrogen-bond donors (Lipinski definition) is 11. The summed E-state index contributed by atoms with van der Waals surface area (Å²) in [4.78, 5) is 93.7. The minimum Gasteiger partial charge on any atom is -0.508 e. The van der Waals surface area contributed by atoms with Crippen LogP contribution in [0.15, 0.2) is 82.3 Å². The summed E-state index contributed by atoms with van der Waals surface area (Å²) in [6.45, 7) is 1.43. The molecule has 4 rings (SSSR count). The number of ether oxygens (including phenoxy) is 1. The normalized spacial score (nSPS) is 19.2. The van der Waals surface area contributed by atoms with Crippen molar-refractivity contribution >= 4 is 41.5 Å². The van der Waals surface area contributed by atoms with Gasteiger partial charge in [-0.1, -0.05) is 24.3 Å². The van der Waals surface area contributed by atoms with E-state index in [-0.39, 0.29) is 30.8 Å². The molecular formula is C38H48N8O13S. The van der Waals surface area contributed by atoms with Crippen LogP contribution in [0.5, 0.6) is 11.5 Å². The van der Waals surface area contributed by atoms with Gasteiger partial charge in [-0.2, -0.15) is 11.8 Å². The highest BCUT2D eigenvalue weighted by Gasteiger charge is 2.42. The Bertz CT molecular complexity index is 2180. The van der Waals surface area contributed by atoms with E-state index in [0.29, 0.717) is 16.9 Å². The van der Waals surface area contributed by atoms with Gasteiger partial charge in [-0.25, -0.2) is 14.4 Å². The largest absolute Gasteiger partial charge is 0.508 e. The molecular weight excluding hydrogens is 809 g/mol. The van der Waals surface area contributed by atoms with E-state index >= 15 is 0 Å². The van der Waals surface area contributed by atoms with Crippen molar-refractivity contribution in [2.75, 3.05) is 19.1 Å². The number of carbonyl (C=O) groups is 5. The van der Waals surface area contributed by atoms with E-state index in [2.05, 4.69) is 21.3 Å². The van der Waals surface area contributed by atoms with Crippen LogP contribution in [0.25, 0.3) is 0 Å². The molecule has 0 radical (unpaired) electrons. The fraction of sp³-hybridized carbons (Fsp3) is 0.395. The third-order valence-corrected chi connectivity index (χ3v) is 10.2. The molecule has 1 saturated heterocycles. The van der Waals surface area contributed by atoms with Crippen LogP contribution >= 0.6 is 11.8 Å². The van der Waals surface area contributed by atoms with Crippen LogP contribution in [0.3, 0.4) is 0 Å². The van der Waals surface area contributed by atoms with E-state index in [0.717, 1.165) is 27.9 Å². The molecule has 0 saturated carbocycles. The minimum absolute atomic E-state index is 0.00445.